The van der Waals surface area contributed by atoms with Gasteiger partial charge in [-0.1, -0.05) is 18.2 Å². The average molecular weight is 264 g/mol. The molecule has 2 aliphatic heterocycles. The van der Waals surface area contributed by atoms with Crippen LogP contribution in [0.5, 0.6) is 0 Å². The molecule has 5 atom stereocenters. The third kappa shape index (κ3) is 2.03. The van der Waals surface area contributed by atoms with Crippen molar-refractivity contribution in [3.05, 3.63) is 23.8 Å². The number of allylic oxidation sites excluding steroid dienone is 1. The molecule has 0 spiro atoms. The quantitative estimate of drug-likeness (QED) is 0.313. The monoisotopic (exact) mass is 264 g/mol. The van der Waals surface area contributed by atoms with E-state index in [1.165, 1.54) is 5.57 Å². The molecule has 0 aromatic carbocycles. The third-order valence-electron chi connectivity index (χ3n) is 4.60. The van der Waals surface area contributed by atoms with Crippen LogP contribution >= 0.6 is 0 Å². The number of rotatable bonds is 0. The maximum Gasteiger partial charge on any atom is 0.334 e. The smallest absolute Gasteiger partial charge is 0.334 e. The Morgan fingerprint density at radius 1 is 1.53 bits per heavy atom. The molecule has 104 valence electrons. The van der Waals surface area contributed by atoms with Gasteiger partial charge in [-0.2, -0.15) is 0 Å². The number of fused-ring (bicyclic) bond motifs is 2. The Kier molecular flexibility index (Phi) is 2.84. The van der Waals surface area contributed by atoms with Crippen molar-refractivity contribution in [3.63, 3.8) is 0 Å². The molecule has 4 heteroatoms. The summed E-state index contributed by atoms with van der Waals surface area (Å²) in [6.45, 7) is 7.84. The molecule has 19 heavy (non-hydrogen) atoms. The first-order chi connectivity index (χ1) is 8.92. The van der Waals surface area contributed by atoms with Gasteiger partial charge in [-0.05, 0) is 26.7 Å². The number of aliphatic hydroxyl groups excluding tert-OH is 1. The minimum Gasteiger partial charge on any atom is -0.458 e. The Balaban J connectivity index is 1.92. The second-order valence-electron chi connectivity index (χ2n) is 6.13. The molecule has 3 rings (SSSR count). The van der Waals surface area contributed by atoms with E-state index < -0.39 is 6.10 Å². The zero-order valence-electron chi connectivity index (χ0n) is 11.4. The fourth-order valence-electron chi connectivity index (χ4n) is 3.32. The van der Waals surface area contributed by atoms with Gasteiger partial charge in [-0.3, -0.25) is 0 Å². The zero-order chi connectivity index (χ0) is 13.8. The van der Waals surface area contributed by atoms with Gasteiger partial charge in [0, 0.05) is 12.0 Å². The van der Waals surface area contributed by atoms with Crippen LogP contribution in [0.15, 0.2) is 23.8 Å². The Bertz CT molecular complexity index is 467. The molecule has 0 bridgehead atoms. The summed E-state index contributed by atoms with van der Waals surface area (Å²) < 4.78 is 11.0. The van der Waals surface area contributed by atoms with E-state index in [1.54, 1.807) is 0 Å². The Labute approximate surface area is 113 Å². The molecule has 4 nitrogen and oxygen atoms in total. The van der Waals surface area contributed by atoms with Gasteiger partial charge in [0.15, 0.2) is 0 Å². The van der Waals surface area contributed by atoms with Crippen LogP contribution in [0.1, 0.15) is 33.1 Å². The van der Waals surface area contributed by atoms with Crippen LogP contribution in [0.2, 0.25) is 0 Å². The van der Waals surface area contributed by atoms with Crippen LogP contribution < -0.4 is 0 Å². The molecule has 0 amide bonds. The number of hydrogen-bond donors (Lipinski definition) is 1. The average Bonchev–Trinajstić information content (AvgIpc) is 2.92. The van der Waals surface area contributed by atoms with Gasteiger partial charge in [0.2, 0.25) is 0 Å². The summed E-state index contributed by atoms with van der Waals surface area (Å²) in [6.07, 6.45) is 3.43. The third-order valence-corrected chi connectivity index (χ3v) is 4.60. The molecule has 2 heterocycles. The van der Waals surface area contributed by atoms with E-state index in [2.05, 4.69) is 12.7 Å². The van der Waals surface area contributed by atoms with Crippen molar-refractivity contribution in [2.45, 2.75) is 57.0 Å². The van der Waals surface area contributed by atoms with Gasteiger partial charge < -0.3 is 14.6 Å². The van der Waals surface area contributed by atoms with Crippen LogP contribution in [0.3, 0.4) is 0 Å². The van der Waals surface area contributed by atoms with Gasteiger partial charge >= 0.3 is 5.97 Å². The summed E-state index contributed by atoms with van der Waals surface area (Å²) in [7, 11) is 0. The molecular formula is C15H20O4. The molecule has 1 N–H and O–H groups in total. The normalized spacial score (nSPS) is 48.7. The van der Waals surface area contributed by atoms with Gasteiger partial charge in [0.25, 0.3) is 0 Å². The maximum atomic E-state index is 11.7. The highest BCUT2D eigenvalue weighted by molar-refractivity contribution is 5.91. The summed E-state index contributed by atoms with van der Waals surface area (Å²) in [6, 6.07) is 0. The van der Waals surface area contributed by atoms with Crippen LogP contribution in [0, 0.1) is 5.92 Å². The van der Waals surface area contributed by atoms with Crippen LogP contribution in [-0.2, 0) is 14.3 Å². The summed E-state index contributed by atoms with van der Waals surface area (Å²) in [5, 5.41) is 10.5. The number of ether oxygens (including phenoxy) is 2. The van der Waals surface area contributed by atoms with Crippen molar-refractivity contribution in [2.75, 3.05) is 0 Å². The van der Waals surface area contributed by atoms with Crippen molar-refractivity contribution in [2.24, 2.45) is 5.92 Å². The predicted octanol–water partition coefficient (Wildman–Crippen LogP) is 1.73. The first-order valence-electron chi connectivity index (χ1n) is 6.84. The fourth-order valence-corrected chi connectivity index (χ4v) is 3.32. The molecule has 2 fully saturated rings. The number of aliphatic hydroxyl groups is 1. The Hall–Kier alpha value is -1.13. The van der Waals surface area contributed by atoms with E-state index in [1.807, 2.05) is 13.8 Å². The molecule has 0 saturated carbocycles. The molecule has 5 unspecified atom stereocenters. The van der Waals surface area contributed by atoms with E-state index in [0.717, 1.165) is 12.8 Å². The van der Waals surface area contributed by atoms with E-state index >= 15 is 0 Å². The van der Waals surface area contributed by atoms with Gasteiger partial charge in [0.05, 0.1) is 17.6 Å². The van der Waals surface area contributed by atoms with Crippen molar-refractivity contribution in [1.82, 2.24) is 0 Å². The highest BCUT2D eigenvalue weighted by Crippen LogP contribution is 2.48. The highest BCUT2D eigenvalue weighted by Gasteiger charge is 2.60. The molecule has 3 aliphatic rings. The van der Waals surface area contributed by atoms with E-state index in [9.17, 15) is 9.90 Å². The lowest BCUT2D eigenvalue weighted by Gasteiger charge is -2.24. The molecular weight excluding hydrogens is 244 g/mol. The molecule has 0 aromatic heterocycles. The lowest BCUT2D eigenvalue weighted by Crippen LogP contribution is -2.36. The maximum absolute atomic E-state index is 11.7. The van der Waals surface area contributed by atoms with E-state index in [4.69, 9.17) is 9.47 Å². The van der Waals surface area contributed by atoms with Crippen LogP contribution in [0.4, 0.5) is 0 Å². The number of esters is 1. The number of hydrogen-bond acceptors (Lipinski definition) is 4. The van der Waals surface area contributed by atoms with Crippen molar-refractivity contribution < 1.29 is 19.4 Å². The summed E-state index contributed by atoms with van der Waals surface area (Å²) >= 11 is 0. The number of carbonyl (C=O) groups is 1. The summed E-state index contributed by atoms with van der Waals surface area (Å²) in [4.78, 5) is 11.7. The second-order valence-corrected chi connectivity index (χ2v) is 6.13. The van der Waals surface area contributed by atoms with Gasteiger partial charge in [0.1, 0.15) is 12.2 Å². The lowest BCUT2D eigenvalue weighted by molar-refractivity contribution is -0.139. The fraction of sp³-hybridized carbons (Fsp3) is 0.667. The molecule has 0 aromatic rings. The van der Waals surface area contributed by atoms with Gasteiger partial charge in [-0.15, -0.1) is 0 Å². The molecule has 0 radical (unpaired) electrons. The standard InChI is InChI=1S/C15H20O4/c1-8-5-4-6-15(3)13(19-15)12(16)11-9(2)14(17)18-10(11)7-8/h5,10-13,16H,2,4,6-7H2,1,3H3/b8-5+. The topological polar surface area (TPSA) is 59.1 Å². The van der Waals surface area contributed by atoms with Crippen molar-refractivity contribution in [1.29, 1.82) is 0 Å². The zero-order valence-corrected chi connectivity index (χ0v) is 11.4. The predicted molar refractivity (Wildman–Crippen MR) is 69.4 cm³/mol. The minimum absolute atomic E-state index is 0.210. The summed E-state index contributed by atoms with van der Waals surface area (Å²) in [5.74, 6) is -0.732. The molecule has 1 aliphatic carbocycles. The minimum atomic E-state index is -0.708. The van der Waals surface area contributed by atoms with Crippen molar-refractivity contribution >= 4 is 5.97 Å². The number of epoxide rings is 1. The summed E-state index contributed by atoms with van der Waals surface area (Å²) in [5.41, 5.74) is 1.29. The Morgan fingerprint density at radius 2 is 2.26 bits per heavy atom. The van der Waals surface area contributed by atoms with Crippen LogP contribution in [-0.4, -0.2) is 35.0 Å². The van der Waals surface area contributed by atoms with Crippen LogP contribution in [0.25, 0.3) is 0 Å². The van der Waals surface area contributed by atoms with Gasteiger partial charge in [-0.25, -0.2) is 4.79 Å². The lowest BCUT2D eigenvalue weighted by atomic mass is 9.82. The largest absolute Gasteiger partial charge is 0.458 e. The number of carbonyl (C=O) groups excluding carboxylic acids is 1. The first-order valence-corrected chi connectivity index (χ1v) is 6.84. The van der Waals surface area contributed by atoms with E-state index in [0.29, 0.717) is 12.0 Å². The second kappa shape index (κ2) is 4.18. The SMILES string of the molecule is C=C1C(=O)OC2C/C(C)=C/CCC3(C)OC3C(O)C12. The highest BCUT2D eigenvalue weighted by atomic mass is 16.6. The first kappa shape index (κ1) is 12.9. The molecule has 2 saturated heterocycles. The van der Waals surface area contributed by atoms with E-state index in [-0.39, 0.29) is 29.7 Å². The Morgan fingerprint density at radius 3 is 3.00 bits per heavy atom. The van der Waals surface area contributed by atoms with Crippen molar-refractivity contribution in [3.8, 4) is 0 Å².